The average Bonchev–Trinajstić information content (AvgIpc) is 2.84. The number of aryl methyl sites for hydroxylation is 1. The third kappa shape index (κ3) is 3.50. The van der Waals surface area contributed by atoms with Gasteiger partial charge in [0.25, 0.3) is 0 Å². The van der Waals surface area contributed by atoms with E-state index in [-0.39, 0.29) is 6.04 Å². The molecule has 1 N–H and O–H groups in total. The third-order valence-corrected chi connectivity index (χ3v) is 3.70. The molecule has 1 atom stereocenters. The molecule has 0 amide bonds. The van der Waals surface area contributed by atoms with E-state index in [4.69, 9.17) is 4.52 Å². The van der Waals surface area contributed by atoms with Gasteiger partial charge in [-0.2, -0.15) is 4.98 Å². The highest BCUT2D eigenvalue weighted by Crippen LogP contribution is 2.29. The van der Waals surface area contributed by atoms with E-state index in [1.54, 1.807) is 6.92 Å². The van der Waals surface area contributed by atoms with Crippen molar-refractivity contribution in [3.8, 4) is 0 Å². The Bertz CT molecular complexity index is 499. The summed E-state index contributed by atoms with van der Waals surface area (Å²) in [7, 11) is -3.12. The number of nitrogens with zero attached hydrogens (tertiary/aromatic N) is 3. The largest absolute Gasteiger partial charge is 0.340 e. The minimum absolute atomic E-state index is 0.142. The van der Waals surface area contributed by atoms with Crippen LogP contribution in [0.15, 0.2) is 4.52 Å². The van der Waals surface area contributed by atoms with Crippen molar-refractivity contribution in [2.75, 3.05) is 25.9 Å². The first-order valence-electron chi connectivity index (χ1n) is 5.94. The van der Waals surface area contributed by atoms with Crippen LogP contribution in [-0.2, 0) is 10.0 Å². The molecule has 7 nitrogen and oxygen atoms in total. The van der Waals surface area contributed by atoms with Crippen LogP contribution in [0.4, 0.5) is 0 Å². The molecule has 2 rings (SSSR count). The number of aromatic nitrogens is 2. The molecule has 0 bridgehead atoms. The lowest BCUT2D eigenvalue weighted by Crippen LogP contribution is -2.34. The van der Waals surface area contributed by atoms with E-state index >= 15 is 0 Å². The zero-order valence-electron chi connectivity index (χ0n) is 10.6. The molecule has 0 radical (unpaired) electrons. The zero-order chi connectivity index (χ0) is 13.2. The smallest absolute Gasteiger partial charge is 0.223 e. The Kier molecular flexibility index (Phi) is 3.98. The Hall–Kier alpha value is -0.990. The second-order valence-electron chi connectivity index (χ2n) is 4.53. The van der Waals surface area contributed by atoms with Crippen LogP contribution in [0.25, 0.3) is 0 Å². The maximum Gasteiger partial charge on any atom is 0.223 e. The van der Waals surface area contributed by atoms with Crippen LogP contribution in [0.1, 0.15) is 30.6 Å². The summed E-state index contributed by atoms with van der Waals surface area (Å²) in [5.41, 5.74) is 0. The molecule has 1 fully saturated rings. The predicted octanol–water partition coefficient (Wildman–Crippen LogP) is 0.0641. The Morgan fingerprint density at radius 1 is 1.56 bits per heavy atom. The fraction of sp³-hybridized carbons (Fsp3) is 0.800. The summed E-state index contributed by atoms with van der Waals surface area (Å²) in [6, 6.07) is 0.142. The van der Waals surface area contributed by atoms with Gasteiger partial charge in [0.05, 0.1) is 12.3 Å². The van der Waals surface area contributed by atoms with Gasteiger partial charge in [0, 0.05) is 20.0 Å². The molecular weight excluding hydrogens is 256 g/mol. The van der Waals surface area contributed by atoms with Crippen LogP contribution < -0.4 is 4.72 Å². The SMILES string of the molecule is Cc1nc([C@H]2CCCN2CCNS(C)(=O)=O)no1. The van der Waals surface area contributed by atoms with Crippen LogP contribution in [0.5, 0.6) is 0 Å². The second kappa shape index (κ2) is 5.33. The van der Waals surface area contributed by atoms with Crippen molar-refractivity contribution in [3.05, 3.63) is 11.7 Å². The number of hydrogen-bond donors (Lipinski definition) is 1. The average molecular weight is 274 g/mol. The topological polar surface area (TPSA) is 88.3 Å². The standard InChI is InChI=1S/C10H18N4O3S/c1-8-12-10(13-17-8)9-4-3-6-14(9)7-5-11-18(2,15)16/h9,11H,3-7H2,1-2H3/t9-/m1/s1. The van der Waals surface area contributed by atoms with Crippen LogP contribution in [0, 0.1) is 6.92 Å². The normalized spacial score (nSPS) is 21.6. The van der Waals surface area contributed by atoms with Gasteiger partial charge in [-0.3, -0.25) is 4.90 Å². The highest BCUT2D eigenvalue weighted by molar-refractivity contribution is 7.88. The summed E-state index contributed by atoms with van der Waals surface area (Å²) in [6.45, 7) is 3.77. The van der Waals surface area contributed by atoms with E-state index in [9.17, 15) is 8.42 Å². The van der Waals surface area contributed by atoms with Crippen LogP contribution >= 0.6 is 0 Å². The maximum absolute atomic E-state index is 11.0. The van der Waals surface area contributed by atoms with E-state index in [0.717, 1.165) is 25.6 Å². The van der Waals surface area contributed by atoms with Crippen molar-refractivity contribution in [1.29, 1.82) is 0 Å². The van der Waals surface area contributed by atoms with Crippen molar-refractivity contribution >= 4 is 10.0 Å². The van der Waals surface area contributed by atoms with Crippen LogP contribution in [-0.4, -0.2) is 49.3 Å². The molecule has 0 unspecified atom stereocenters. The molecule has 102 valence electrons. The molecule has 18 heavy (non-hydrogen) atoms. The minimum atomic E-state index is -3.12. The van der Waals surface area contributed by atoms with Crippen molar-refractivity contribution in [3.63, 3.8) is 0 Å². The van der Waals surface area contributed by atoms with E-state index in [2.05, 4.69) is 19.8 Å². The molecule has 8 heteroatoms. The molecule has 1 aromatic heterocycles. The fourth-order valence-electron chi connectivity index (χ4n) is 2.21. The molecule has 2 heterocycles. The monoisotopic (exact) mass is 274 g/mol. The zero-order valence-corrected chi connectivity index (χ0v) is 11.4. The molecule has 1 aliphatic rings. The van der Waals surface area contributed by atoms with E-state index in [1.807, 2.05) is 0 Å². The summed E-state index contributed by atoms with van der Waals surface area (Å²) in [5.74, 6) is 1.26. The summed E-state index contributed by atoms with van der Waals surface area (Å²) in [5, 5.41) is 3.94. The number of nitrogens with one attached hydrogen (secondary N) is 1. The Balaban J connectivity index is 1.92. The highest BCUT2D eigenvalue weighted by Gasteiger charge is 2.29. The predicted molar refractivity (Wildman–Crippen MR) is 65.4 cm³/mol. The Morgan fingerprint density at radius 3 is 2.94 bits per heavy atom. The molecule has 1 aliphatic heterocycles. The summed E-state index contributed by atoms with van der Waals surface area (Å²) in [4.78, 5) is 6.42. The van der Waals surface area contributed by atoms with Gasteiger partial charge in [-0.05, 0) is 19.4 Å². The van der Waals surface area contributed by atoms with Crippen LogP contribution in [0.2, 0.25) is 0 Å². The summed E-state index contributed by atoms with van der Waals surface area (Å²) < 4.78 is 29.5. The van der Waals surface area contributed by atoms with Gasteiger partial charge in [0.1, 0.15) is 0 Å². The summed E-state index contributed by atoms with van der Waals surface area (Å²) >= 11 is 0. The van der Waals surface area contributed by atoms with Crippen LogP contribution in [0.3, 0.4) is 0 Å². The van der Waals surface area contributed by atoms with E-state index in [0.29, 0.717) is 24.8 Å². The van der Waals surface area contributed by atoms with Crippen molar-refractivity contribution < 1.29 is 12.9 Å². The molecule has 0 aromatic carbocycles. The van der Waals surface area contributed by atoms with Gasteiger partial charge in [-0.15, -0.1) is 0 Å². The summed E-state index contributed by atoms with van der Waals surface area (Å²) in [6.07, 6.45) is 3.21. The molecule has 0 spiro atoms. The van der Waals surface area contributed by atoms with Crippen molar-refractivity contribution in [2.24, 2.45) is 0 Å². The van der Waals surface area contributed by atoms with Gasteiger partial charge < -0.3 is 4.52 Å². The lowest BCUT2D eigenvalue weighted by Gasteiger charge is -2.21. The number of hydrogen-bond acceptors (Lipinski definition) is 6. The second-order valence-corrected chi connectivity index (χ2v) is 6.37. The first kappa shape index (κ1) is 13.4. The molecular formula is C10H18N4O3S. The lowest BCUT2D eigenvalue weighted by atomic mass is 10.2. The van der Waals surface area contributed by atoms with E-state index < -0.39 is 10.0 Å². The minimum Gasteiger partial charge on any atom is -0.340 e. The quantitative estimate of drug-likeness (QED) is 0.817. The number of rotatable bonds is 5. The molecule has 1 aromatic rings. The van der Waals surface area contributed by atoms with Crippen molar-refractivity contribution in [2.45, 2.75) is 25.8 Å². The third-order valence-electron chi connectivity index (χ3n) is 2.97. The van der Waals surface area contributed by atoms with Gasteiger partial charge in [-0.1, -0.05) is 5.16 Å². The fourth-order valence-corrected chi connectivity index (χ4v) is 2.67. The van der Waals surface area contributed by atoms with Gasteiger partial charge in [-0.25, -0.2) is 13.1 Å². The number of sulfonamides is 1. The Labute approximate surface area is 107 Å². The van der Waals surface area contributed by atoms with Gasteiger partial charge in [0.15, 0.2) is 5.82 Å². The molecule has 0 saturated carbocycles. The Morgan fingerprint density at radius 2 is 2.33 bits per heavy atom. The van der Waals surface area contributed by atoms with E-state index in [1.165, 1.54) is 0 Å². The van der Waals surface area contributed by atoms with Crippen molar-refractivity contribution in [1.82, 2.24) is 19.8 Å². The van der Waals surface area contributed by atoms with Gasteiger partial charge >= 0.3 is 0 Å². The highest BCUT2D eigenvalue weighted by atomic mass is 32.2. The molecule has 0 aliphatic carbocycles. The maximum atomic E-state index is 11.0. The lowest BCUT2D eigenvalue weighted by molar-refractivity contribution is 0.246. The first-order valence-corrected chi connectivity index (χ1v) is 7.84. The van der Waals surface area contributed by atoms with Gasteiger partial charge in [0.2, 0.25) is 15.9 Å². The number of likely N-dealkylation sites (tertiary alicyclic amines) is 1. The first-order chi connectivity index (χ1) is 8.46. The molecule has 1 saturated heterocycles.